The summed E-state index contributed by atoms with van der Waals surface area (Å²) in [5.41, 5.74) is 8.19. The van der Waals surface area contributed by atoms with Gasteiger partial charge in [-0.05, 0) is 56.5 Å². The zero-order chi connectivity index (χ0) is 19.1. The predicted octanol–water partition coefficient (Wildman–Crippen LogP) is 1.55. The Morgan fingerprint density at radius 1 is 1.00 bits per heavy atom. The van der Waals surface area contributed by atoms with Crippen LogP contribution in [0, 0.1) is 0 Å². The largest absolute Gasteiger partial charge is 0.399 e. The lowest BCUT2D eigenvalue weighted by Gasteiger charge is -2.22. The number of aryl methyl sites for hydroxylation is 1. The van der Waals surface area contributed by atoms with Crippen LogP contribution in [0.25, 0.3) is 0 Å². The highest BCUT2D eigenvalue weighted by Crippen LogP contribution is 2.09. The van der Waals surface area contributed by atoms with Crippen molar-refractivity contribution < 1.29 is 0 Å². The lowest BCUT2D eigenvalue weighted by molar-refractivity contribution is 0.273. The molecule has 2 rings (SSSR count). The average molecular weight is 358 g/mol. The Kier molecular flexibility index (Phi) is 7.21. The number of nitrogen functional groups attached to an aromatic ring is 1. The van der Waals surface area contributed by atoms with Crippen LogP contribution in [0.1, 0.15) is 31.0 Å². The Hall–Kier alpha value is -2.34. The Balaban J connectivity index is 1.92. The molecule has 0 spiro atoms. The number of nitrogens with two attached hydrogens (primary N) is 1. The maximum atomic E-state index is 12.0. The van der Waals surface area contributed by atoms with Gasteiger partial charge >= 0.3 is 5.69 Å². The second-order valence-electron chi connectivity index (χ2n) is 6.81. The van der Waals surface area contributed by atoms with Gasteiger partial charge in [0.15, 0.2) is 0 Å². The smallest absolute Gasteiger partial charge is 0.330 e. The van der Waals surface area contributed by atoms with Gasteiger partial charge in [-0.2, -0.15) is 0 Å². The Bertz CT molecular complexity index is 838. The fraction of sp³-hybridized carbons (Fsp3) is 0.500. The Labute approximate surface area is 154 Å². The summed E-state index contributed by atoms with van der Waals surface area (Å²) in [7, 11) is 3.23. The van der Waals surface area contributed by atoms with Gasteiger partial charge in [0.05, 0.1) is 0 Å². The van der Waals surface area contributed by atoms with Crippen molar-refractivity contribution in [3.8, 4) is 0 Å². The molecule has 0 fully saturated rings. The van der Waals surface area contributed by atoms with Crippen LogP contribution in [-0.2, 0) is 26.9 Å². The third-order valence-corrected chi connectivity index (χ3v) is 4.74. The minimum atomic E-state index is -0.264. The molecule has 1 aromatic heterocycles. The molecule has 0 saturated heterocycles. The number of nitrogens with zero attached hydrogens (tertiary/aromatic N) is 3. The third-order valence-electron chi connectivity index (χ3n) is 4.74. The molecule has 0 radical (unpaired) electrons. The van der Waals surface area contributed by atoms with Crippen molar-refractivity contribution in [2.24, 2.45) is 14.1 Å². The van der Waals surface area contributed by atoms with E-state index in [9.17, 15) is 9.59 Å². The van der Waals surface area contributed by atoms with E-state index in [1.54, 1.807) is 17.7 Å². The summed E-state index contributed by atoms with van der Waals surface area (Å²) >= 11 is 0. The van der Waals surface area contributed by atoms with Gasteiger partial charge < -0.3 is 15.2 Å². The van der Waals surface area contributed by atoms with Crippen LogP contribution < -0.4 is 17.0 Å². The van der Waals surface area contributed by atoms with Crippen LogP contribution in [0.2, 0.25) is 0 Å². The number of hydrogen-bond acceptors (Lipinski definition) is 4. The van der Waals surface area contributed by atoms with Crippen molar-refractivity contribution >= 4 is 5.69 Å². The summed E-state index contributed by atoms with van der Waals surface area (Å²) in [6, 6.07) is 9.60. The maximum Gasteiger partial charge on any atom is 0.330 e. The van der Waals surface area contributed by atoms with Gasteiger partial charge in [0.1, 0.15) is 0 Å². The molecule has 0 unspecified atom stereocenters. The van der Waals surface area contributed by atoms with Crippen molar-refractivity contribution in [3.05, 3.63) is 62.4 Å². The van der Waals surface area contributed by atoms with Crippen molar-refractivity contribution in [2.75, 3.05) is 25.4 Å². The Morgan fingerprint density at radius 3 is 2.46 bits per heavy atom. The molecule has 6 nitrogen and oxygen atoms in total. The highest BCUT2D eigenvalue weighted by atomic mass is 16.2. The molecule has 26 heavy (non-hydrogen) atoms. The number of hydrogen-bond donors (Lipinski definition) is 1. The van der Waals surface area contributed by atoms with Crippen LogP contribution in [0.5, 0.6) is 0 Å². The monoisotopic (exact) mass is 358 g/mol. The first-order valence-electron chi connectivity index (χ1n) is 9.25. The van der Waals surface area contributed by atoms with Crippen molar-refractivity contribution in [3.63, 3.8) is 0 Å². The molecule has 0 amide bonds. The van der Waals surface area contributed by atoms with Gasteiger partial charge in [-0.1, -0.05) is 19.1 Å². The fourth-order valence-corrected chi connectivity index (χ4v) is 3.19. The summed E-state index contributed by atoms with van der Waals surface area (Å²) in [5.74, 6) is 0. The molecular formula is C20H30N4O2. The summed E-state index contributed by atoms with van der Waals surface area (Å²) in [4.78, 5) is 26.3. The molecule has 0 aliphatic rings. The Morgan fingerprint density at radius 2 is 1.77 bits per heavy atom. The molecule has 0 atom stereocenters. The molecular weight excluding hydrogens is 328 g/mol. The first-order valence-corrected chi connectivity index (χ1v) is 9.25. The molecule has 142 valence electrons. The lowest BCUT2D eigenvalue weighted by Crippen LogP contribution is -2.38. The summed E-state index contributed by atoms with van der Waals surface area (Å²) < 4.78 is 2.71. The van der Waals surface area contributed by atoms with Gasteiger partial charge in [-0.25, -0.2) is 4.79 Å². The average Bonchev–Trinajstić information content (AvgIpc) is 2.62. The molecule has 0 saturated carbocycles. The van der Waals surface area contributed by atoms with Crippen LogP contribution in [0.3, 0.4) is 0 Å². The first kappa shape index (κ1) is 20.0. The van der Waals surface area contributed by atoms with E-state index >= 15 is 0 Å². The second-order valence-corrected chi connectivity index (χ2v) is 6.81. The van der Waals surface area contributed by atoms with E-state index in [4.69, 9.17) is 5.73 Å². The van der Waals surface area contributed by atoms with E-state index < -0.39 is 0 Å². The van der Waals surface area contributed by atoms with E-state index in [2.05, 4.69) is 17.9 Å². The zero-order valence-electron chi connectivity index (χ0n) is 16.1. The lowest BCUT2D eigenvalue weighted by atomic mass is 10.1. The number of aromatic nitrogens is 2. The minimum absolute atomic E-state index is 0.241. The van der Waals surface area contributed by atoms with E-state index in [0.717, 1.165) is 61.3 Å². The molecule has 6 heteroatoms. The number of anilines is 1. The number of benzene rings is 1. The van der Waals surface area contributed by atoms with Gasteiger partial charge in [0.2, 0.25) is 0 Å². The zero-order valence-corrected chi connectivity index (χ0v) is 16.1. The van der Waals surface area contributed by atoms with Crippen LogP contribution in [-0.4, -0.2) is 33.7 Å². The highest BCUT2D eigenvalue weighted by molar-refractivity contribution is 5.40. The maximum absolute atomic E-state index is 12.0. The molecule has 0 aliphatic carbocycles. The molecule has 2 N–H and O–H groups in total. The van der Waals surface area contributed by atoms with E-state index in [1.165, 1.54) is 12.6 Å². The topological polar surface area (TPSA) is 73.3 Å². The highest BCUT2D eigenvalue weighted by Gasteiger charge is 2.08. The van der Waals surface area contributed by atoms with E-state index in [0.29, 0.717) is 0 Å². The molecule has 2 aromatic rings. The quantitative estimate of drug-likeness (QED) is 0.691. The van der Waals surface area contributed by atoms with Crippen molar-refractivity contribution in [1.29, 1.82) is 0 Å². The normalized spacial score (nSPS) is 11.2. The van der Waals surface area contributed by atoms with Gasteiger partial charge in [-0.15, -0.1) is 0 Å². The second kappa shape index (κ2) is 9.38. The van der Waals surface area contributed by atoms with Gasteiger partial charge in [-0.3, -0.25) is 9.36 Å². The molecule has 1 heterocycles. The fourth-order valence-electron chi connectivity index (χ4n) is 3.19. The minimum Gasteiger partial charge on any atom is -0.399 e. The van der Waals surface area contributed by atoms with Gasteiger partial charge in [0, 0.05) is 38.1 Å². The van der Waals surface area contributed by atoms with Gasteiger partial charge in [0.25, 0.3) is 5.56 Å². The number of rotatable bonds is 9. The molecule has 1 aromatic carbocycles. The van der Waals surface area contributed by atoms with Crippen molar-refractivity contribution in [1.82, 2.24) is 14.0 Å². The molecule has 0 aliphatic heterocycles. The SMILES string of the molecule is CCCN(CCCc1cc(=O)n(C)c(=O)n1C)CCc1cccc(N)c1. The van der Waals surface area contributed by atoms with Crippen LogP contribution in [0.15, 0.2) is 39.9 Å². The van der Waals surface area contributed by atoms with E-state index in [-0.39, 0.29) is 11.2 Å². The van der Waals surface area contributed by atoms with Crippen molar-refractivity contribution in [2.45, 2.75) is 32.6 Å². The summed E-state index contributed by atoms with van der Waals surface area (Å²) in [6.07, 6.45) is 3.70. The van der Waals surface area contributed by atoms with E-state index in [1.807, 2.05) is 18.2 Å². The first-order chi connectivity index (χ1) is 12.4. The predicted molar refractivity (Wildman–Crippen MR) is 107 cm³/mol. The summed E-state index contributed by atoms with van der Waals surface area (Å²) in [6.45, 7) is 5.14. The van der Waals surface area contributed by atoms with Crippen LogP contribution >= 0.6 is 0 Å². The molecule has 0 bridgehead atoms. The summed E-state index contributed by atoms with van der Waals surface area (Å²) in [5, 5.41) is 0. The van der Waals surface area contributed by atoms with Crippen LogP contribution in [0.4, 0.5) is 5.69 Å². The third kappa shape index (κ3) is 5.33. The standard InChI is InChI=1S/C20H30N4O2/c1-4-11-24(13-10-16-7-5-8-17(21)14-16)12-6-9-18-15-19(25)23(3)20(26)22(18)2/h5,7-8,14-15H,4,6,9-13,21H2,1-3H3.